The van der Waals surface area contributed by atoms with Crippen LogP contribution in [-0.2, 0) is 19.4 Å². The van der Waals surface area contributed by atoms with E-state index in [4.69, 9.17) is 0 Å². The Hall–Kier alpha value is -0.620. The fraction of sp³-hybridized carbons (Fsp3) is 0.917. The molecule has 3 atom stereocenters. The van der Waals surface area contributed by atoms with E-state index in [0.29, 0.717) is 12.3 Å². The first-order valence-corrected chi connectivity index (χ1v) is 8.11. The average molecular weight is 277 g/mol. The van der Waals surface area contributed by atoms with Crippen molar-refractivity contribution in [2.75, 3.05) is 19.9 Å². The third kappa shape index (κ3) is 3.68. The highest BCUT2D eigenvalue weighted by Gasteiger charge is 2.38. The van der Waals surface area contributed by atoms with Gasteiger partial charge in [0.2, 0.25) is 0 Å². The number of ether oxygens (including phenoxy) is 1. The van der Waals surface area contributed by atoms with Gasteiger partial charge in [-0.15, -0.1) is 0 Å². The fourth-order valence-corrected chi connectivity index (χ4v) is 4.64. The van der Waals surface area contributed by atoms with Gasteiger partial charge in [-0.2, -0.15) is 0 Å². The maximum Gasteiger partial charge on any atom is 0.320 e. The predicted molar refractivity (Wildman–Crippen MR) is 70.1 cm³/mol. The lowest BCUT2D eigenvalue weighted by Gasteiger charge is -2.35. The molecule has 0 bridgehead atoms. The van der Waals surface area contributed by atoms with E-state index in [1.165, 1.54) is 7.11 Å². The molecule has 0 aromatic carbocycles. The van der Waals surface area contributed by atoms with Gasteiger partial charge >= 0.3 is 5.97 Å². The van der Waals surface area contributed by atoms with Gasteiger partial charge in [-0.1, -0.05) is 13.3 Å². The van der Waals surface area contributed by atoms with E-state index in [9.17, 15) is 13.2 Å². The molecule has 1 N–H and O–H groups in total. The summed E-state index contributed by atoms with van der Waals surface area (Å²) in [5.74, 6) is -0.751. The maximum absolute atomic E-state index is 12.2. The molecule has 1 aliphatic carbocycles. The van der Waals surface area contributed by atoms with Crippen LogP contribution in [0.5, 0.6) is 0 Å². The van der Waals surface area contributed by atoms with E-state index >= 15 is 0 Å². The minimum Gasteiger partial charge on any atom is -0.468 e. The Balaban J connectivity index is 2.84. The highest BCUT2D eigenvalue weighted by atomic mass is 32.2. The number of esters is 1. The van der Waals surface area contributed by atoms with Crippen molar-refractivity contribution in [1.82, 2.24) is 5.32 Å². The second kappa shape index (κ2) is 6.52. The molecular formula is C12H23NO4S. The van der Waals surface area contributed by atoms with Crippen LogP contribution in [0.15, 0.2) is 0 Å². The molecule has 0 saturated heterocycles. The van der Waals surface area contributed by atoms with Gasteiger partial charge in [0.15, 0.2) is 9.84 Å². The molecule has 0 amide bonds. The van der Waals surface area contributed by atoms with Gasteiger partial charge in [0, 0.05) is 6.04 Å². The second-order valence-electron chi connectivity index (χ2n) is 4.90. The van der Waals surface area contributed by atoms with Crippen LogP contribution in [0.4, 0.5) is 0 Å². The lowest BCUT2D eigenvalue weighted by atomic mass is 9.84. The van der Waals surface area contributed by atoms with Crippen LogP contribution in [0, 0.1) is 5.92 Å². The molecule has 1 aliphatic rings. The van der Waals surface area contributed by atoms with Gasteiger partial charge in [0.1, 0.15) is 5.75 Å². The largest absolute Gasteiger partial charge is 0.468 e. The first-order valence-electron chi connectivity index (χ1n) is 6.40. The molecule has 0 aromatic rings. The Bertz CT molecular complexity index is 380. The zero-order valence-electron chi connectivity index (χ0n) is 11.3. The van der Waals surface area contributed by atoms with Crippen LogP contribution in [-0.4, -0.2) is 45.6 Å². The van der Waals surface area contributed by atoms with Gasteiger partial charge in [-0.05, 0) is 32.2 Å². The summed E-state index contributed by atoms with van der Waals surface area (Å²) in [6, 6.07) is -0.0533. The summed E-state index contributed by atoms with van der Waals surface area (Å²) in [5.41, 5.74) is 0. The van der Waals surface area contributed by atoms with Crippen molar-refractivity contribution in [2.24, 2.45) is 5.92 Å². The predicted octanol–water partition coefficient (Wildman–Crippen LogP) is 0.741. The lowest BCUT2D eigenvalue weighted by molar-refractivity contribution is -0.137. The van der Waals surface area contributed by atoms with Gasteiger partial charge in [0.25, 0.3) is 0 Å². The molecule has 18 heavy (non-hydrogen) atoms. The van der Waals surface area contributed by atoms with Crippen LogP contribution < -0.4 is 5.32 Å². The van der Waals surface area contributed by atoms with Crippen molar-refractivity contribution in [1.29, 1.82) is 0 Å². The summed E-state index contributed by atoms with van der Waals surface area (Å²) in [7, 11) is -0.449. The smallest absolute Gasteiger partial charge is 0.320 e. The Morgan fingerprint density at radius 3 is 2.56 bits per heavy atom. The minimum absolute atomic E-state index is 0.0533. The third-order valence-corrected chi connectivity index (χ3v) is 5.94. The Morgan fingerprint density at radius 1 is 1.39 bits per heavy atom. The molecule has 0 spiro atoms. The van der Waals surface area contributed by atoms with E-state index in [1.807, 2.05) is 0 Å². The topological polar surface area (TPSA) is 72.5 Å². The van der Waals surface area contributed by atoms with Crippen LogP contribution >= 0.6 is 0 Å². The summed E-state index contributed by atoms with van der Waals surface area (Å²) >= 11 is 0. The molecule has 5 nitrogen and oxygen atoms in total. The molecule has 0 aromatic heterocycles. The van der Waals surface area contributed by atoms with Crippen LogP contribution in [0.3, 0.4) is 0 Å². The van der Waals surface area contributed by atoms with E-state index in [-0.39, 0.29) is 6.04 Å². The summed E-state index contributed by atoms with van der Waals surface area (Å²) in [6.07, 6.45) is 3.52. The molecule has 1 fully saturated rings. The normalized spacial score (nSPS) is 28.9. The van der Waals surface area contributed by atoms with Crippen molar-refractivity contribution in [2.45, 2.75) is 43.9 Å². The standard InChI is InChI=1S/C12H23NO4S/c1-4-9-5-6-10(13-2)11(7-9)18(15,16)8-12(14)17-3/h9-11,13H,4-8H2,1-3H3. The maximum atomic E-state index is 12.2. The first-order chi connectivity index (χ1) is 8.44. The van der Waals surface area contributed by atoms with Gasteiger partial charge in [-0.25, -0.2) is 8.42 Å². The van der Waals surface area contributed by atoms with Crippen molar-refractivity contribution in [3.8, 4) is 0 Å². The molecule has 3 unspecified atom stereocenters. The van der Waals surface area contributed by atoms with Crippen LogP contribution in [0.1, 0.15) is 32.6 Å². The molecule has 0 radical (unpaired) electrons. The van der Waals surface area contributed by atoms with E-state index in [1.54, 1.807) is 7.05 Å². The highest BCUT2D eigenvalue weighted by molar-refractivity contribution is 7.92. The Morgan fingerprint density at radius 2 is 2.06 bits per heavy atom. The van der Waals surface area contributed by atoms with Crippen LogP contribution in [0.2, 0.25) is 0 Å². The Labute approximate surface area is 109 Å². The molecular weight excluding hydrogens is 254 g/mol. The Kier molecular flexibility index (Phi) is 5.59. The SMILES string of the molecule is CCC1CCC(NC)C(S(=O)(=O)CC(=O)OC)C1. The van der Waals surface area contributed by atoms with Gasteiger partial charge in [0.05, 0.1) is 12.4 Å². The van der Waals surface area contributed by atoms with Crippen molar-refractivity contribution < 1.29 is 17.9 Å². The second-order valence-corrected chi connectivity index (χ2v) is 7.12. The average Bonchev–Trinajstić information content (AvgIpc) is 2.37. The van der Waals surface area contributed by atoms with E-state index < -0.39 is 26.8 Å². The number of nitrogens with one attached hydrogen (secondary N) is 1. The number of sulfone groups is 1. The van der Waals surface area contributed by atoms with Crippen LogP contribution in [0.25, 0.3) is 0 Å². The third-order valence-electron chi connectivity index (χ3n) is 3.86. The van der Waals surface area contributed by atoms with Gasteiger partial charge in [-0.3, -0.25) is 4.79 Å². The number of hydrogen-bond donors (Lipinski definition) is 1. The fourth-order valence-electron chi connectivity index (χ4n) is 2.64. The van der Waals surface area contributed by atoms with E-state index in [0.717, 1.165) is 19.3 Å². The first kappa shape index (κ1) is 15.4. The molecule has 6 heteroatoms. The number of carbonyl (C=O) groups excluding carboxylic acids is 1. The lowest BCUT2D eigenvalue weighted by Crippen LogP contribution is -2.48. The molecule has 1 rings (SSSR count). The van der Waals surface area contributed by atoms with Crippen molar-refractivity contribution in [3.63, 3.8) is 0 Å². The van der Waals surface area contributed by atoms with Crippen molar-refractivity contribution >= 4 is 15.8 Å². The number of methoxy groups -OCH3 is 1. The van der Waals surface area contributed by atoms with E-state index in [2.05, 4.69) is 17.0 Å². The molecule has 0 aliphatic heterocycles. The molecule has 1 saturated carbocycles. The summed E-state index contributed by atoms with van der Waals surface area (Å²) < 4.78 is 29.0. The number of hydrogen-bond acceptors (Lipinski definition) is 5. The number of rotatable bonds is 5. The number of carbonyl (C=O) groups is 1. The zero-order valence-corrected chi connectivity index (χ0v) is 12.1. The summed E-state index contributed by atoms with van der Waals surface area (Å²) in [4.78, 5) is 11.2. The quantitative estimate of drug-likeness (QED) is 0.750. The highest BCUT2D eigenvalue weighted by Crippen LogP contribution is 2.31. The molecule has 0 heterocycles. The van der Waals surface area contributed by atoms with Crippen molar-refractivity contribution in [3.05, 3.63) is 0 Å². The van der Waals surface area contributed by atoms with Gasteiger partial charge < -0.3 is 10.1 Å². The minimum atomic E-state index is -3.44. The monoisotopic (exact) mass is 277 g/mol. The zero-order chi connectivity index (χ0) is 13.8. The summed E-state index contributed by atoms with van der Waals surface area (Å²) in [6.45, 7) is 2.08. The summed E-state index contributed by atoms with van der Waals surface area (Å²) in [5, 5.41) is 2.59. The molecule has 106 valence electrons.